The Balaban J connectivity index is 2.01. The second-order valence-corrected chi connectivity index (χ2v) is 4.78. The highest BCUT2D eigenvalue weighted by Gasteiger charge is 2.07. The monoisotopic (exact) mass is 306 g/mol. The minimum absolute atomic E-state index is 0.0148. The molecule has 0 spiro atoms. The molecule has 0 bridgehead atoms. The molecule has 4 nitrogen and oxygen atoms in total. The normalized spacial score (nSPS) is 10.4. The van der Waals surface area contributed by atoms with Gasteiger partial charge in [-0.2, -0.15) is 8.78 Å². The third-order valence-electron chi connectivity index (χ3n) is 3.08. The van der Waals surface area contributed by atoms with Crippen molar-refractivity contribution in [2.45, 2.75) is 20.5 Å². The summed E-state index contributed by atoms with van der Waals surface area (Å²) in [5.41, 5.74) is 3.20. The van der Waals surface area contributed by atoms with Gasteiger partial charge in [-0.15, -0.1) is 0 Å². The Morgan fingerprint density at radius 1 is 1.00 bits per heavy atom. The highest BCUT2D eigenvalue weighted by Crippen LogP contribution is 2.20. The Bertz CT molecular complexity index is 675. The Morgan fingerprint density at radius 2 is 1.68 bits per heavy atom. The van der Waals surface area contributed by atoms with Crippen molar-refractivity contribution in [2.24, 2.45) is 0 Å². The number of ether oxygens (including phenoxy) is 1. The van der Waals surface area contributed by atoms with Crippen molar-refractivity contribution in [3.05, 3.63) is 53.6 Å². The number of hydrogen-bond acceptors (Lipinski definition) is 2. The van der Waals surface area contributed by atoms with Crippen LogP contribution in [-0.2, 0) is 0 Å². The van der Waals surface area contributed by atoms with Crippen molar-refractivity contribution in [1.29, 1.82) is 0 Å². The second-order valence-electron chi connectivity index (χ2n) is 4.78. The van der Waals surface area contributed by atoms with Crippen LogP contribution in [0.3, 0.4) is 0 Å². The van der Waals surface area contributed by atoms with Crippen molar-refractivity contribution in [3.63, 3.8) is 0 Å². The van der Waals surface area contributed by atoms with Gasteiger partial charge in [-0.25, -0.2) is 4.79 Å². The van der Waals surface area contributed by atoms with Crippen molar-refractivity contribution < 1.29 is 18.3 Å². The van der Waals surface area contributed by atoms with Crippen LogP contribution in [0.4, 0.5) is 25.0 Å². The predicted molar refractivity (Wildman–Crippen MR) is 81.6 cm³/mol. The Morgan fingerprint density at radius 3 is 2.32 bits per heavy atom. The number of carbonyl (C=O) groups excluding carboxylic acids is 1. The van der Waals surface area contributed by atoms with E-state index in [4.69, 9.17) is 0 Å². The summed E-state index contributed by atoms with van der Waals surface area (Å²) in [6, 6.07) is 10.9. The number of carbonyl (C=O) groups is 1. The van der Waals surface area contributed by atoms with Crippen molar-refractivity contribution >= 4 is 17.4 Å². The molecule has 0 aromatic heterocycles. The van der Waals surface area contributed by atoms with Crippen LogP contribution < -0.4 is 15.4 Å². The van der Waals surface area contributed by atoms with E-state index in [1.807, 2.05) is 26.0 Å². The smallest absolute Gasteiger partial charge is 0.387 e. The molecule has 0 radical (unpaired) electrons. The molecular weight excluding hydrogens is 290 g/mol. The van der Waals surface area contributed by atoms with E-state index >= 15 is 0 Å². The van der Waals surface area contributed by atoms with E-state index in [0.29, 0.717) is 11.4 Å². The fourth-order valence-corrected chi connectivity index (χ4v) is 1.86. The number of amides is 2. The summed E-state index contributed by atoms with van der Waals surface area (Å²) in [5, 5.41) is 5.24. The Hall–Kier alpha value is -2.63. The van der Waals surface area contributed by atoms with Crippen LogP contribution in [0.2, 0.25) is 0 Å². The van der Waals surface area contributed by atoms with Gasteiger partial charge < -0.3 is 15.4 Å². The van der Waals surface area contributed by atoms with Gasteiger partial charge >= 0.3 is 12.6 Å². The van der Waals surface area contributed by atoms with Crippen molar-refractivity contribution in [3.8, 4) is 5.75 Å². The first kappa shape index (κ1) is 15.8. The van der Waals surface area contributed by atoms with E-state index in [9.17, 15) is 13.6 Å². The van der Waals surface area contributed by atoms with E-state index in [1.54, 1.807) is 12.1 Å². The Kier molecular flexibility index (Phi) is 4.93. The molecule has 0 fully saturated rings. The van der Waals surface area contributed by atoms with E-state index in [1.165, 1.54) is 18.2 Å². The van der Waals surface area contributed by atoms with Gasteiger partial charge in [0.15, 0.2) is 0 Å². The number of halogens is 2. The van der Waals surface area contributed by atoms with Crippen molar-refractivity contribution in [2.75, 3.05) is 10.6 Å². The average Bonchev–Trinajstić information content (AvgIpc) is 2.42. The minimum atomic E-state index is -2.90. The fraction of sp³-hybridized carbons (Fsp3) is 0.188. The second kappa shape index (κ2) is 6.89. The fourth-order valence-electron chi connectivity index (χ4n) is 1.86. The predicted octanol–water partition coefficient (Wildman–Crippen LogP) is 4.55. The van der Waals surface area contributed by atoms with Gasteiger partial charge in [0, 0.05) is 17.4 Å². The maximum absolute atomic E-state index is 12.2. The third kappa shape index (κ3) is 4.44. The number of aryl methyl sites for hydroxylation is 2. The lowest BCUT2D eigenvalue weighted by Gasteiger charge is -2.10. The summed E-state index contributed by atoms with van der Waals surface area (Å²) in [4.78, 5) is 11.9. The van der Waals surface area contributed by atoms with Gasteiger partial charge in [0.2, 0.25) is 0 Å². The standard InChI is InChI=1S/C16H16F2N2O2/c1-10-6-7-13(8-11(10)2)20-16(21)19-12-4-3-5-14(9-12)22-15(17)18/h3-9,15H,1-2H3,(H2,19,20,21). The molecule has 6 heteroatoms. The molecule has 0 saturated heterocycles. The summed E-state index contributed by atoms with van der Waals surface area (Å²) in [7, 11) is 0. The van der Waals surface area contributed by atoms with Crippen LogP contribution in [0.5, 0.6) is 5.75 Å². The molecule has 0 aliphatic rings. The van der Waals surface area contributed by atoms with E-state index in [2.05, 4.69) is 15.4 Å². The van der Waals surface area contributed by atoms with Gasteiger partial charge in [-0.05, 0) is 49.2 Å². The lowest BCUT2D eigenvalue weighted by Crippen LogP contribution is -2.19. The first-order valence-corrected chi connectivity index (χ1v) is 6.64. The first-order valence-electron chi connectivity index (χ1n) is 6.64. The maximum atomic E-state index is 12.2. The summed E-state index contributed by atoms with van der Waals surface area (Å²) < 4.78 is 28.6. The quantitative estimate of drug-likeness (QED) is 0.870. The molecule has 0 atom stereocenters. The van der Waals surface area contributed by atoms with E-state index in [-0.39, 0.29) is 5.75 Å². The zero-order chi connectivity index (χ0) is 16.1. The van der Waals surface area contributed by atoms with E-state index < -0.39 is 12.6 Å². The summed E-state index contributed by atoms with van der Waals surface area (Å²) >= 11 is 0. The minimum Gasteiger partial charge on any atom is -0.435 e. The zero-order valence-electron chi connectivity index (χ0n) is 12.2. The molecule has 0 unspecified atom stereocenters. The van der Waals surface area contributed by atoms with Gasteiger partial charge in [0.1, 0.15) is 5.75 Å². The molecule has 0 heterocycles. The molecule has 2 amide bonds. The molecule has 2 aromatic rings. The van der Waals surface area contributed by atoms with Crippen LogP contribution in [0.15, 0.2) is 42.5 Å². The summed E-state index contributed by atoms with van der Waals surface area (Å²) in [5.74, 6) is -0.0148. The molecule has 2 rings (SSSR count). The molecule has 116 valence electrons. The number of alkyl halides is 2. The maximum Gasteiger partial charge on any atom is 0.387 e. The lowest BCUT2D eigenvalue weighted by atomic mass is 10.1. The van der Waals surface area contributed by atoms with Crippen LogP contribution >= 0.6 is 0 Å². The number of rotatable bonds is 4. The first-order chi connectivity index (χ1) is 10.4. The van der Waals surface area contributed by atoms with Gasteiger partial charge in [0.05, 0.1) is 0 Å². The van der Waals surface area contributed by atoms with Gasteiger partial charge in [0.25, 0.3) is 0 Å². The summed E-state index contributed by atoms with van der Waals surface area (Å²) in [6.07, 6.45) is 0. The third-order valence-corrected chi connectivity index (χ3v) is 3.08. The topological polar surface area (TPSA) is 50.4 Å². The molecule has 2 N–H and O–H groups in total. The van der Waals surface area contributed by atoms with Gasteiger partial charge in [-0.1, -0.05) is 12.1 Å². The van der Waals surface area contributed by atoms with Crippen LogP contribution in [-0.4, -0.2) is 12.6 Å². The number of anilines is 2. The number of benzene rings is 2. The SMILES string of the molecule is Cc1ccc(NC(=O)Nc2cccc(OC(F)F)c2)cc1C. The Labute approximate surface area is 127 Å². The van der Waals surface area contributed by atoms with Crippen LogP contribution in [0.25, 0.3) is 0 Å². The molecular formula is C16H16F2N2O2. The molecule has 0 aliphatic heterocycles. The molecule has 0 saturated carbocycles. The summed E-state index contributed by atoms with van der Waals surface area (Å²) in [6.45, 7) is 1.02. The van der Waals surface area contributed by atoms with Crippen molar-refractivity contribution in [1.82, 2.24) is 0 Å². The highest BCUT2D eigenvalue weighted by molar-refractivity contribution is 5.99. The molecule has 2 aromatic carbocycles. The number of hydrogen-bond donors (Lipinski definition) is 2. The number of nitrogens with one attached hydrogen (secondary N) is 2. The van der Waals surface area contributed by atoms with Crippen LogP contribution in [0.1, 0.15) is 11.1 Å². The molecule has 22 heavy (non-hydrogen) atoms. The lowest BCUT2D eigenvalue weighted by molar-refractivity contribution is -0.0497. The van der Waals surface area contributed by atoms with E-state index in [0.717, 1.165) is 11.1 Å². The highest BCUT2D eigenvalue weighted by atomic mass is 19.3. The molecule has 0 aliphatic carbocycles. The van der Waals surface area contributed by atoms with Crippen LogP contribution in [0, 0.1) is 13.8 Å². The number of urea groups is 1. The average molecular weight is 306 g/mol. The van der Waals surface area contributed by atoms with Gasteiger partial charge in [-0.3, -0.25) is 0 Å². The zero-order valence-corrected chi connectivity index (χ0v) is 12.2. The largest absolute Gasteiger partial charge is 0.435 e.